The van der Waals surface area contributed by atoms with Crippen LogP contribution in [0.2, 0.25) is 5.02 Å². The van der Waals surface area contributed by atoms with Crippen molar-refractivity contribution in [2.45, 2.75) is 46.4 Å². The number of hydrogen-bond acceptors (Lipinski definition) is 7. The number of thiazole rings is 1. The smallest absolute Gasteiger partial charge is 0.338 e. The third-order valence-electron chi connectivity index (χ3n) is 6.74. The third-order valence-corrected chi connectivity index (χ3v) is 9.48. The van der Waals surface area contributed by atoms with Gasteiger partial charge >= 0.3 is 5.97 Å². The van der Waals surface area contributed by atoms with Gasteiger partial charge in [-0.3, -0.25) is 9.36 Å². The van der Waals surface area contributed by atoms with E-state index >= 15 is 0 Å². The van der Waals surface area contributed by atoms with Crippen molar-refractivity contribution in [1.29, 1.82) is 0 Å². The van der Waals surface area contributed by atoms with Crippen molar-refractivity contribution in [2.24, 2.45) is 4.99 Å². The number of fused-ring (bicyclic) bond motifs is 1. The van der Waals surface area contributed by atoms with E-state index in [-0.39, 0.29) is 18.3 Å². The van der Waals surface area contributed by atoms with Gasteiger partial charge in [0.05, 0.1) is 36.6 Å². The van der Waals surface area contributed by atoms with Crippen LogP contribution in [-0.2, 0) is 16.1 Å². The molecule has 1 aliphatic heterocycles. The summed E-state index contributed by atoms with van der Waals surface area (Å²) in [7, 11) is 0. The largest absolute Gasteiger partial charge is 0.491 e. The molecule has 0 saturated heterocycles. The number of ether oxygens (including phenoxy) is 3. The summed E-state index contributed by atoms with van der Waals surface area (Å²) in [6.07, 6.45) is 1.71. The maximum absolute atomic E-state index is 14.1. The first kappa shape index (κ1) is 32.5. The fraction of sp³-hybridized carbons (Fsp3) is 0.242. The number of hydrogen-bond donors (Lipinski definition) is 0. The van der Waals surface area contributed by atoms with Crippen LogP contribution in [0.4, 0.5) is 0 Å². The van der Waals surface area contributed by atoms with Gasteiger partial charge in [0, 0.05) is 16.1 Å². The molecule has 7 nitrogen and oxygen atoms in total. The molecule has 0 amide bonds. The molecule has 0 unspecified atom stereocenters. The normalized spacial score (nSPS) is 14.8. The van der Waals surface area contributed by atoms with Crippen molar-refractivity contribution in [1.82, 2.24) is 4.57 Å². The van der Waals surface area contributed by atoms with E-state index in [0.717, 1.165) is 19.2 Å². The highest BCUT2D eigenvalue weighted by molar-refractivity contribution is 14.1. The Bertz CT molecular complexity index is 1930. The molecule has 228 valence electrons. The highest BCUT2D eigenvalue weighted by Gasteiger charge is 2.35. The molecule has 0 spiro atoms. The lowest BCUT2D eigenvalue weighted by Gasteiger charge is -2.26. The molecule has 0 saturated carbocycles. The second-order valence-electron chi connectivity index (χ2n) is 10.2. The first-order valence-corrected chi connectivity index (χ1v) is 17.0. The van der Waals surface area contributed by atoms with Gasteiger partial charge in [-0.05, 0) is 102 Å². The van der Waals surface area contributed by atoms with Crippen molar-refractivity contribution in [2.75, 3.05) is 6.61 Å². The Labute approximate surface area is 286 Å². The van der Waals surface area contributed by atoms with Gasteiger partial charge in [-0.2, -0.15) is 0 Å². The minimum Gasteiger partial charge on any atom is -0.491 e. The predicted octanol–water partition coefficient (Wildman–Crippen LogP) is 7.19. The second-order valence-corrected chi connectivity index (χ2v) is 13.6. The number of rotatable bonds is 9. The van der Waals surface area contributed by atoms with E-state index in [9.17, 15) is 9.59 Å². The predicted molar refractivity (Wildman–Crippen MR) is 185 cm³/mol. The van der Waals surface area contributed by atoms with E-state index in [4.69, 9.17) is 25.8 Å². The van der Waals surface area contributed by atoms with Gasteiger partial charge in [0.25, 0.3) is 5.56 Å². The van der Waals surface area contributed by atoms with Crippen LogP contribution in [0.25, 0.3) is 6.08 Å². The second kappa shape index (κ2) is 14.0. The van der Waals surface area contributed by atoms with Crippen molar-refractivity contribution in [3.8, 4) is 11.5 Å². The molecule has 0 radical (unpaired) electrons. The van der Waals surface area contributed by atoms with Crippen molar-refractivity contribution in [3.05, 3.63) is 121 Å². The summed E-state index contributed by atoms with van der Waals surface area (Å²) in [5.74, 6) is 0.753. The maximum Gasteiger partial charge on any atom is 0.338 e. The van der Waals surface area contributed by atoms with Crippen LogP contribution in [0.3, 0.4) is 0 Å². The lowest BCUT2D eigenvalue weighted by Crippen LogP contribution is -2.40. The van der Waals surface area contributed by atoms with Crippen LogP contribution < -0.4 is 24.4 Å². The highest BCUT2D eigenvalue weighted by atomic mass is 127. The fourth-order valence-corrected chi connectivity index (χ4v) is 7.88. The van der Waals surface area contributed by atoms with Crippen LogP contribution >= 0.6 is 61.5 Å². The number of carbonyl (C=O) groups is 1. The number of nitrogens with zero attached hydrogens (tertiary/aromatic N) is 2. The minimum atomic E-state index is -0.769. The van der Waals surface area contributed by atoms with Gasteiger partial charge < -0.3 is 14.2 Å². The number of allylic oxidation sites excluding steroid dienone is 1. The summed E-state index contributed by atoms with van der Waals surface area (Å²) in [6.45, 7) is 7.90. The van der Waals surface area contributed by atoms with Gasteiger partial charge in [0.2, 0.25) is 0 Å². The number of esters is 1. The molecule has 1 aromatic heterocycles. The number of para-hydroxylation sites is 1. The first-order valence-electron chi connectivity index (χ1n) is 13.9. The Balaban J connectivity index is 1.59. The summed E-state index contributed by atoms with van der Waals surface area (Å²) < 4.78 is 21.3. The minimum absolute atomic E-state index is 0.111. The average Bonchev–Trinajstić information content (AvgIpc) is 3.26. The van der Waals surface area contributed by atoms with E-state index in [1.807, 2.05) is 80.6 Å². The van der Waals surface area contributed by atoms with Crippen LogP contribution in [-0.4, -0.2) is 23.2 Å². The summed E-state index contributed by atoms with van der Waals surface area (Å²) in [5.41, 5.74) is 2.91. The van der Waals surface area contributed by atoms with Gasteiger partial charge in [0.15, 0.2) is 4.80 Å². The molecule has 44 heavy (non-hydrogen) atoms. The van der Waals surface area contributed by atoms with E-state index in [1.165, 1.54) is 11.3 Å². The Morgan fingerprint density at radius 1 is 1.18 bits per heavy atom. The molecule has 0 N–H and O–H groups in total. The molecular weight excluding hydrogens is 779 g/mol. The number of carbonyl (C=O) groups excluding carboxylic acids is 1. The van der Waals surface area contributed by atoms with Crippen molar-refractivity contribution < 1.29 is 19.0 Å². The average molecular weight is 808 g/mol. The Hall–Kier alpha value is -2.93. The summed E-state index contributed by atoms with van der Waals surface area (Å²) in [4.78, 5) is 32.6. The Morgan fingerprint density at radius 2 is 1.91 bits per heavy atom. The van der Waals surface area contributed by atoms with Gasteiger partial charge in [-0.25, -0.2) is 9.79 Å². The third kappa shape index (κ3) is 6.83. The zero-order valence-electron chi connectivity index (χ0n) is 24.4. The van der Waals surface area contributed by atoms with Crippen molar-refractivity contribution >= 4 is 73.5 Å². The van der Waals surface area contributed by atoms with E-state index in [1.54, 1.807) is 18.4 Å². The topological polar surface area (TPSA) is 79.1 Å². The summed E-state index contributed by atoms with van der Waals surface area (Å²) in [6, 6.07) is 18.1. The molecule has 3 aromatic carbocycles. The number of halogens is 3. The standard InChI is InChI=1S/C33H29BrClIN2O5S/c1-5-41-32(40)28-19(4)37-33-38(29(28)22-11-7-9-13-26(22)43-18(2)3)31(39)27(44-33)16-20-14-23(34)30(25(36)15-20)42-17-21-10-6-8-12-24(21)35/h6-16,18,29H,5,17H2,1-4H3/b27-16+/t29-/m1/s1. The monoisotopic (exact) mass is 806 g/mol. The molecule has 4 aromatic rings. The molecule has 0 bridgehead atoms. The van der Waals surface area contributed by atoms with Crippen LogP contribution in [0, 0.1) is 3.57 Å². The van der Waals surface area contributed by atoms with Gasteiger partial charge in [-0.1, -0.05) is 59.3 Å². The fourth-order valence-electron chi connectivity index (χ4n) is 4.87. The summed E-state index contributed by atoms with van der Waals surface area (Å²) in [5, 5.41) is 0.642. The Kier molecular flexibility index (Phi) is 10.3. The van der Waals surface area contributed by atoms with E-state index in [2.05, 4.69) is 43.5 Å². The molecule has 0 aliphatic carbocycles. The van der Waals surface area contributed by atoms with E-state index in [0.29, 0.717) is 49.3 Å². The molecule has 5 rings (SSSR count). The maximum atomic E-state index is 14.1. The molecule has 1 aliphatic rings. The first-order chi connectivity index (χ1) is 21.1. The zero-order chi connectivity index (χ0) is 31.5. The summed E-state index contributed by atoms with van der Waals surface area (Å²) >= 11 is 13.4. The number of benzene rings is 3. The van der Waals surface area contributed by atoms with Crippen LogP contribution in [0.1, 0.15) is 50.4 Å². The molecule has 0 fully saturated rings. The van der Waals surface area contributed by atoms with Crippen LogP contribution in [0.15, 0.2) is 86.2 Å². The van der Waals surface area contributed by atoms with Crippen molar-refractivity contribution in [3.63, 3.8) is 0 Å². The SMILES string of the molecule is CCOC(=O)C1=C(C)N=c2s/c(=C/c3cc(Br)c(OCc4ccccc4Cl)c(I)c3)c(=O)n2[C@@H]1c1ccccc1OC(C)C. The van der Waals surface area contributed by atoms with Gasteiger partial charge in [-0.15, -0.1) is 0 Å². The molecule has 11 heteroatoms. The lowest BCUT2D eigenvalue weighted by atomic mass is 9.95. The molecular formula is C33H29BrClIN2O5S. The number of aromatic nitrogens is 1. The lowest BCUT2D eigenvalue weighted by molar-refractivity contribution is -0.139. The molecule has 2 heterocycles. The van der Waals surface area contributed by atoms with Gasteiger partial charge in [0.1, 0.15) is 24.1 Å². The Morgan fingerprint density at radius 3 is 2.61 bits per heavy atom. The zero-order valence-corrected chi connectivity index (χ0v) is 29.7. The van der Waals surface area contributed by atoms with Crippen LogP contribution in [0.5, 0.6) is 11.5 Å². The highest BCUT2D eigenvalue weighted by Crippen LogP contribution is 2.37. The van der Waals surface area contributed by atoms with E-state index < -0.39 is 12.0 Å². The molecule has 1 atom stereocenters. The quantitative estimate of drug-likeness (QED) is 0.132.